The molecule has 110 valence electrons. The van der Waals surface area contributed by atoms with Crippen molar-refractivity contribution in [3.63, 3.8) is 0 Å². The van der Waals surface area contributed by atoms with Crippen molar-refractivity contribution in [2.75, 3.05) is 11.9 Å². The van der Waals surface area contributed by atoms with Gasteiger partial charge in [0.05, 0.1) is 6.61 Å². The first-order valence-electron chi connectivity index (χ1n) is 6.59. The largest absolute Gasteiger partial charge is 0.461 e. The van der Waals surface area contributed by atoms with Crippen LogP contribution in [0, 0.1) is 0 Å². The average molecular weight is 288 g/mol. The first-order valence-corrected chi connectivity index (χ1v) is 6.59. The Hall–Kier alpha value is -2.70. The highest BCUT2D eigenvalue weighted by molar-refractivity contribution is 5.90. The van der Waals surface area contributed by atoms with Crippen LogP contribution in [0.1, 0.15) is 23.8 Å². The first kappa shape index (κ1) is 14.7. The fourth-order valence-corrected chi connectivity index (χ4v) is 1.67. The van der Waals surface area contributed by atoms with Crippen molar-refractivity contribution < 1.29 is 14.3 Å². The van der Waals surface area contributed by atoms with E-state index < -0.39 is 5.97 Å². The Morgan fingerprint density at radius 2 is 2.05 bits per heavy atom. The van der Waals surface area contributed by atoms with E-state index >= 15 is 0 Å². The van der Waals surface area contributed by atoms with E-state index in [2.05, 4.69) is 15.4 Å². The third kappa shape index (κ3) is 4.41. The molecule has 1 N–H and O–H groups in total. The van der Waals surface area contributed by atoms with Gasteiger partial charge in [-0.1, -0.05) is 0 Å². The molecule has 0 unspecified atom stereocenters. The lowest BCUT2D eigenvalue weighted by molar-refractivity contribution is -0.116. The maximum absolute atomic E-state index is 11.8. The number of esters is 1. The highest BCUT2D eigenvalue weighted by Crippen LogP contribution is 2.05. The molecule has 2 rings (SSSR count). The fourth-order valence-electron chi connectivity index (χ4n) is 1.67. The first-order chi connectivity index (χ1) is 10.2. The van der Waals surface area contributed by atoms with Crippen LogP contribution in [-0.4, -0.2) is 33.2 Å². The Morgan fingerprint density at radius 3 is 2.76 bits per heavy atom. The zero-order chi connectivity index (χ0) is 15.1. The minimum absolute atomic E-state index is 0.130. The van der Waals surface area contributed by atoms with E-state index in [9.17, 15) is 9.59 Å². The van der Waals surface area contributed by atoms with Gasteiger partial charge in [-0.2, -0.15) is 5.10 Å². The molecule has 0 atom stereocenters. The fraction of sp³-hybridized carbons (Fsp3) is 0.286. The lowest BCUT2D eigenvalue weighted by Crippen LogP contribution is -2.15. The third-order valence-electron chi connectivity index (χ3n) is 2.66. The summed E-state index contributed by atoms with van der Waals surface area (Å²) in [5, 5.41) is 6.81. The number of carbonyl (C=O) groups is 2. The van der Waals surface area contributed by atoms with Crippen molar-refractivity contribution in [1.29, 1.82) is 0 Å². The predicted octanol–water partition coefficient (Wildman–Crippen LogP) is 1.48. The van der Waals surface area contributed by atoms with Gasteiger partial charge in [0.25, 0.3) is 0 Å². The summed E-state index contributed by atoms with van der Waals surface area (Å²) in [6, 6.07) is 4.99. The molecular formula is C14H16N4O3. The number of carbonyl (C=O) groups excluding carboxylic acids is 2. The monoisotopic (exact) mass is 288 g/mol. The molecule has 0 fully saturated rings. The van der Waals surface area contributed by atoms with E-state index in [1.54, 1.807) is 48.4 Å². The van der Waals surface area contributed by atoms with E-state index in [0.29, 0.717) is 18.8 Å². The molecule has 7 nitrogen and oxygen atoms in total. The molecule has 2 aromatic rings. The van der Waals surface area contributed by atoms with Gasteiger partial charge in [0.1, 0.15) is 0 Å². The number of ether oxygens (including phenoxy) is 1. The van der Waals surface area contributed by atoms with Crippen molar-refractivity contribution in [1.82, 2.24) is 14.8 Å². The van der Waals surface area contributed by atoms with Crippen molar-refractivity contribution in [3.05, 3.63) is 42.5 Å². The van der Waals surface area contributed by atoms with Crippen molar-refractivity contribution in [2.24, 2.45) is 0 Å². The molecule has 0 radical (unpaired) electrons. The molecule has 0 spiro atoms. The molecule has 2 aromatic heterocycles. The van der Waals surface area contributed by atoms with Gasteiger partial charge in [-0.3, -0.25) is 14.5 Å². The van der Waals surface area contributed by atoms with Crippen LogP contribution in [0.2, 0.25) is 0 Å². The van der Waals surface area contributed by atoms with E-state index in [-0.39, 0.29) is 18.0 Å². The quantitative estimate of drug-likeness (QED) is 0.814. The smallest absolute Gasteiger partial charge is 0.358 e. The maximum Gasteiger partial charge on any atom is 0.358 e. The maximum atomic E-state index is 11.8. The minimum Gasteiger partial charge on any atom is -0.461 e. The van der Waals surface area contributed by atoms with Crippen LogP contribution in [0.5, 0.6) is 0 Å². The molecular weight excluding hydrogens is 272 g/mol. The molecule has 0 saturated carbocycles. The van der Waals surface area contributed by atoms with Crippen LogP contribution >= 0.6 is 0 Å². The van der Waals surface area contributed by atoms with Crippen molar-refractivity contribution >= 4 is 17.6 Å². The summed E-state index contributed by atoms with van der Waals surface area (Å²) in [5.41, 5.74) is 0.939. The van der Waals surface area contributed by atoms with E-state index in [0.717, 1.165) is 0 Å². The normalized spacial score (nSPS) is 10.1. The molecule has 21 heavy (non-hydrogen) atoms. The average Bonchev–Trinajstić information content (AvgIpc) is 2.95. The summed E-state index contributed by atoms with van der Waals surface area (Å²) < 4.78 is 6.39. The van der Waals surface area contributed by atoms with Gasteiger partial charge in [0.2, 0.25) is 5.91 Å². The number of pyridine rings is 1. The Morgan fingerprint density at radius 1 is 1.29 bits per heavy atom. The second kappa shape index (κ2) is 7.18. The molecule has 0 saturated heterocycles. The van der Waals surface area contributed by atoms with Crippen LogP contribution in [0.25, 0.3) is 0 Å². The van der Waals surface area contributed by atoms with E-state index in [1.807, 2.05) is 0 Å². The number of aromatic nitrogens is 3. The van der Waals surface area contributed by atoms with E-state index in [1.165, 1.54) is 0 Å². The minimum atomic E-state index is -0.461. The Bertz CT molecular complexity index is 610. The summed E-state index contributed by atoms with van der Waals surface area (Å²) in [7, 11) is 0. The lowest BCUT2D eigenvalue weighted by Gasteiger charge is -2.04. The van der Waals surface area contributed by atoms with Crippen LogP contribution in [0.15, 0.2) is 36.8 Å². The SMILES string of the molecule is CCOC(=O)c1ccn(CCC(=O)Nc2ccncc2)n1. The number of hydrogen-bond donors (Lipinski definition) is 1. The number of aryl methyl sites for hydroxylation is 1. The number of hydrogen-bond acceptors (Lipinski definition) is 5. The lowest BCUT2D eigenvalue weighted by atomic mass is 10.3. The van der Waals surface area contributed by atoms with Crippen LogP contribution in [0.4, 0.5) is 5.69 Å². The van der Waals surface area contributed by atoms with Crippen LogP contribution in [0.3, 0.4) is 0 Å². The standard InChI is InChI=1S/C14H16N4O3/c1-2-21-14(20)12-5-9-18(17-12)10-6-13(19)16-11-3-7-15-8-4-11/h3-5,7-9H,2,6,10H2,1H3,(H,15,16,19). The zero-order valence-corrected chi connectivity index (χ0v) is 11.7. The molecule has 0 aliphatic heterocycles. The summed E-state index contributed by atoms with van der Waals surface area (Å²) in [6.07, 6.45) is 5.11. The Balaban J connectivity index is 1.83. The number of nitrogens with one attached hydrogen (secondary N) is 1. The van der Waals surface area contributed by atoms with Gasteiger partial charge < -0.3 is 10.1 Å². The molecule has 7 heteroatoms. The zero-order valence-electron chi connectivity index (χ0n) is 11.7. The van der Waals surface area contributed by atoms with Crippen molar-refractivity contribution in [3.8, 4) is 0 Å². The second-order valence-electron chi connectivity index (χ2n) is 4.22. The summed E-state index contributed by atoms with van der Waals surface area (Å²) in [6.45, 7) is 2.43. The molecule has 0 aliphatic rings. The molecule has 0 aromatic carbocycles. The highest BCUT2D eigenvalue weighted by Gasteiger charge is 2.10. The van der Waals surface area contributed by atoms with Crippen LogP contribution < -0.4 is 5.32 Å². The number of nitrogens with zero attached hydrogens (tertiary/aromatic N) is 3. The number of amides is 1. The number of rotatable bonds is 6. The van der Waals surface area contributed by atoms with Gasteiger partial charge in [-0.15, -0.1) is 0 Å². The summed E-state index contributed by atoms with van der Waals surface area (Å²) >= 11 is 0. The summed E-state index contributed by atoms with van der Waals surface area (Å²) in [5.74, 6) is -0.591. The molecule has 0 aliphatic carbocycles. The predicted molar refractivity (Wildman–Crippen MR) is 75.7 cm³/mol. The molecule has 0 bridgehead atoms. The molecule has 1 amide bonds. The highest BCUT2D eigenvalue weighted by atomic mass is 16.5. The van der Waals surface area contributed by atoms with Gasteiger partial charge in [0, 0.05) is 37.2 Å². The third-order valence-corrected chi connectivity index (χ3v) is 2.66. The van der Waals surface area contributed by atoms with E-state index in [4.69, 9.17) is 4.74 Å². The van der Waals surface area contributed by atoms with Gasteiger partial charge in [0.15, 0.2) is 5.69 Å². The Labute approximate surface area is 121 Å². The summed E-state index contributed by atoms with van der Waals surface area (Å²) in [4.78, 5) is 27.1. The van der Waals surface area contributed by atoms with Gasteiger partial charge in [-0.05, 0) is 25.1 Å². The van der Waals surface area contributed by atoms with Gasteiger partial charge in [-0.25, -0.2) is 4.79 Å². The van der Waals surface area contributed by atoms with Gasteiger partial charge >= 0.3 is 5.97 Å². The topological polar surface area (TPSA) is 86.1 Å². The second-order valence-corrected chi connectivity index (χ2v) is 4.22. The van der Waals surface area contributed by atoms with Crippen molar-refractivity contribution in [2.45, 2.75) is 19.9 Å². The number of anilines is 1. The van der Waals surface area contributed by atoms with Crippen LogP contribution in [-0.2, 0) is 16.1 Å². The Kier molecular flexibility index (Phi) is 5.03. The molecule has 2 heterocycles.